The minimum Gasteiger partial charge on any atom is -0.390 e. The van der Waals surface area contributed by atoms with Crippen molar-refractivity contribution in [1.29, 1.82) is 0 Å². The number of nitrogens with zero attached hydrogens (tertiary/aromatic N) is 4. The van der Waals surface area contributed by atoms with Crippen LogP contribution in [0.5, 0.6) is 0 Å². The summed E-state index contributed by atoms with van der Waals surface area (Å²) in [6.45, 7) is 10.7. The van der Waals surface area contributed by atoms with E-state index < -0.39 is 17.7 Å². The van der Waals surface area contributed by atoms with Crippen LogP contribution in [0.4, 0.5) is 0 Å². The molecule has 3 heterocycles. The summed E-state index contributed by atoms with van der Waals surface area (Å²) < 4.78 is 2.03. The van der Waals surface area contributed by atoms with E-state index in [1.54, 1.807) is 11.3 Å². The molecule has 0 unspecified atom stereocenters. The summed E-state index contributed by atoms with van der Waals surface area (Å²) in [5.41, 5.74) is 2.70. The number of aromatic nitrogens is 3. The van der Waals surface area contributed by atoms with Crippen molar-refractivity contribution < 1.29 is 15.0 Å². The summed E-state index contributed by atoms with van der Waals surface area (Å²) in [6.07, 6.45) is 1.17. The van der Waals surface area contributed by atoms with Gasteiger partial charge in [-0.05, 0) is 75.0 Å². The highest BCUT2D eigenvalue weighted by molar-refractivity contribution is 7.15. The summed E-state index contributed by atoms with van der Waals surface area (Å²) in [5.74, 6) is 1.66. The van der Waals surface area contributed by atoms with Crippen molar-refractivity contribution in [2.75, 3.05) is 6.54 Å². The molecule has 7 rings (SSSR count). The molecule has 4 aliphatic rings. The molecule has 1 amide bonds. The second-order valence-corrected chi connectivity index (χ2v) is 13.9. The van der Waals surface area contributed by atoms with Crippen LogP contribution >= 0.6 is 22.9 Å². The Balaban J connectivity index is 1.27. The minimum atomic E-state index is -1.19. The number of fused-ring (bicyclic) bond motifs is 5. The zero-order valence-corrected chi connectivity index (χ0v) is 25.1. The Morgan fingerprint density at radius 3 is 2.60 bits per heavy atom. The molecule has 2 bridgehead atoms. The van der Waals surface area contributed by atoms with Gasteiger partial charge in [0.15, 0.2) is 5.82 Å². The summed E-state index contributed by atoms with van der Waals surface area (Å²) in [6, 6.07) is 7.05. The Morgan fingerprint density at radius 1 is 1.18 bits per heavy atom. The fourth-order valence-corrected chi connectivity index (χ4v) is 8.43. The van der Waals surface area contributed by atoms with Crippen molar-refractivity contribution in [3.63, 3.8) is 0 Å². The first-order chi connectivity index (χ1) is 18.9. The van der Waals surface area contributed by atoms with Gasteiger partial charge in [-0.15, -0.1) is 21.5 Å². The Labute approximate surface area is 243 Å². The molecule has 3 N–H and O–H groups in total. The normalized spacial score (nSPS) is 28.1. The first kappa shape index (κ1) is 27.6. The van der Waals surface area contributed by atoms with Crippen LogP contribution in [-0.2, 0) is 4.79 Å². The molecular weight excluding hydrogens is 546 g/mol. The van der Waals surface area contributed by atoms with Gasteiger partial charge in [-0.3, -0.25) is 14.4 Å². The average molecular weight is 582 g/mol. The molecule has 8 nitrogen and oxygen atoms in total. The van der Waals surface area contributed by atoms with Crippen LogP contribution < -0.4 is 5.32 Å². The Kier molecular flexibility index (Phi) is 6.72. The lowest BCUT2D eigenvalue weighted by Crippen LogP contribution is -2.68. The van der Waals surface area contributed by atoms with E-state index in [4.69, 9.17) is 16.6 Å². The maximum Gasteiger partial charge on any atom is 0.222 e. The molecular formula is C30H36ClN5O3S. The van der Waals surface area contributed by atoms with Crippen LogP contribution in [0.15, 0.2) is 29.3 Å². The maximum atomic E-state index is 13.3. The number of aliphatic imine (C=N–C) groups is 1. The number of aliphatic hydroxyl groups excluding tert-OH is 1. The zero-order valence-electron chi connectivity index (χ0n) is 23.5. The summed E-state index contributed by atoms with van der Waals surface area (Å²) in [4.78, 5) is 19.6. The van der Waals surface area contributed by atoms with Gasteiger partial charge in [0.25, 0.3) is 0 Å². The third kappa shape index (κ3) is 4.24. The molecule has 212 valence electrons. The topological polar surface area (TPSA) is 113 Å². The molecule has 0 saturated heterocycles. The molecule has 2 aromatic heterocycles. The second-order valence-electron chi connectivity index (χ2n) is 12.3. The highest BCUT2D eigenvalue weighted by Gasteiger charge is 2.64. The van der Waals surface area contributed by atoms with Crippen LogP contribution in [0.2, 0.25) is 5.02 Å². The van der Waals surface area contributed by atoms with Gasteiger partial charge in [-0.2, -0.15) is 0 Å². The zero-order chi connectivity index (χ0) is 28.6. The van der Waals surface area contributed by atoms with E-state index >= 15 is 0 Å². The Hall–Kier alpha value is -2.59. The molecule has 5 atom stereocenters. The molecule has 3 aromatic rings. The number of aliphatic hydroxyl groups is 2. The highest BCUT2D eigenvalue weighted by atomic mass is 35.5. The van der Waals surface area contributed by atoms with E-state index in [-0.39, 0.29) is 30.2 Å². The largest absolute Gasteiger partial charge is 0.390 e. The maximum absolute atomic E-state index is 13.3. The van der Waals surface area contributed by atoms with Crippen molar-refractivity contribution >= 4 is 34.6 Å². The number of halogens is 1. The number of carbonyl (C=O) groups excluding carboxylic acids is 1. The van der Waals surface area contributed by atoms with Crippen LogP contribution in [0.25, 0.3) is 5.00 Å². The van der Waals surface area contributed by atoms with E-state index in [1.807, 2.05) is 35.8 Å². The number of thiophene rings is 1. The van der Waals surface area contributed by atoms with Gasteiger partial charge >= 0.3 is 0 Å². The van der Waals surface area contributed by atoms with Crippen LogP contribution in [0.1, 0.15) is 78.8 Å². The number of amides is 1. The molecule has 10 heteroatoms. The Bertz CT molecular complexity index is 1510. The number of benzene rings is 1. The van der Waals surface area contributed by atoms with Crippen LogP contribution in [0.3, 0.4) is 0 Å². The van der Waals surface area contributed by atoms with Crippen LogP contribution in [-0.4, -0.2) is 54.8 Å². The van der Waals surface area contributed by atoms with E-state index in [0.717, 1.165) is 39.6 Å². The molecule has 3 fully saturated rings. The minimum absolute atomic E-state index is 0.00337. The number of rotatable bonds is 6. The van der Waals surface area contributed by atoms with Gasteiger partial charge in [0, 0.05) is 27.6 Å². The first-order valence-corrected chi connectivity index (χ1v) is 15.1. The van der Waals surface area contributed by atoms with E-state index in [1.165, 1.54) is 4.88 Å². The predicted molar refractivity (Wildman–Crippen MR) is 156 cm³/mol. The third-order valence-corrected chi connectivity index (χ3v) is 11.2. The lowest BCUT2D eigenvalue weighted by molar-refractivity contribution is -0.255. The molecule has 3 saturated carbocycles. The fourth-order valence-electron chi connectivity index (χ4n) is 7.09. The first-order valence-electron chi connectivity index (χ1n) is 13.9. The molecule has 3 aliphatic carbocycles. The van der Waals surface area contributed by atoms with E-state index in [2.05, 4.69) is 43.2 Å². The standard InChI is InChI=1S/C30H36ClN5O3S/c1-15-16(2)40-28-25(15)26(18-6-8-20(31)9-7-18)33-21(27-35-34-17(3)36(27)28)14-24(38)32-11-10-30(39)22-12-19(13-23(30)37)29(22,4)5/h6-9,19,21-23,37,39H,10-14H2,1-5H3,(H,32,38)/t19-,21+,22-,23+,30-/m1/s1. The van der Waals surface area contributed by atoms with Gasteiger partial charge in [0.1, 0.15) is 16.9 Å². The van der Waals surface area contributed by atoms with Crippen molar-refractivity contribution in [2.45, 2.75) is 78.0 Å². The summed E-state index contributed by atoms with van der Waals surface area (Å²) in [5, 5.41) is 35.6. The monoisotopic (exact) mass is 581 g/mol. The SMILES string of the molecule is Cc1sc2c(c1C)C(c1ccc(Cl)cc1)=N[C@@H](CC(=O)NCC[C@@]1(O)[C@@H]3C[C@H](C[C@@H]1O)C3(C)C)c1nnc(C)n1-2. The van der Waals surface area contributed by atoms with Crippen LogP contribution in [0, 0.1) is 38.0 Å². The van der Waals surface area contributed by atoms with Gasteiger partial charge in [-0.1, -0.05) is 37.6 Å². The number of hydrogen-bond donors (Lipinski definition) is 3. The lowest BCUT2D eigenvalue weighted by atomic mass is 9.43. The van der Waals surface area contributed by atoms with Gasteiger partial charge < -0.3 is 15.5 Å². The van der Waals surface area contributed by atoms with Gasteiger partial charge in [-0.25, -0.2) is 0 Å². The second kappa shape index (κ2) is 9.76. The van der Waals surface area contributed by atoms with E-state index in [9.17, 15) is 15.0 Å². The molecule has 1 aromatic carbocycles. The molecule has 40 heavy (non-hydrogen) atoms. The number of carbonyl (C=O) groups is 1. The lowest BCUT2D eigenvalue weighted by Gasteiger charge is -2.65. The van der Waals surface area contributed by atoms with E-state index in [0.29, 0.717) is 29.6 Å². The van der Waals surface area contributed by atoms with Crippen molar-refractivity contribution in [2.24, 2.45) is 22.2 Å². The smallest absolute Gasteiger partial charge is 0.222 e. The van der Waals surface area contributed by atoms with Crippen molar-refractivity contribution in [3.05, 3.63) is 62.5 Å². The summed E-state index contributed by atoms with van der Waals surface area (Å²) >= 11 is 7.87. The molecule has 1 aliphatic heterocycles. The fraction of sp³-hybridized carbons (Fsp3) is 0.533. The quantitative estimate of drug-likeness (QED) is 0.385. The average Bonchev–Trinajstić information content (AvgIpc) is 3.38. The molecule has 0 spiro atoms. The van der Waals surface area contributed by atoms with Gasteiger partial charge in [0.2, 0.25) is 5.91 Å². The number of nitrogens with one attached hydrogen (secondary N) is 1. The number of aryl methyl sites for hydroxylation is 2. The third-order valence-electron chi connectivity index (χ3n) is 9.74. The predicted octanol–water partition coefficient (Wildman–Crippen LogP) is 4.85. The van der Waals surface area contributed by atoms with Gasteiger partial charge in [0.05, 0.1) is 23.8 Å². The van der Waals surface area contributed by atoms with Crippen molar-refractivity contribution in [1.82, 2.24) is 20.1 Å². The Morgan fingerprint density at radius 2 is 1.90 bits per heavy atom. The molecule has 0 radical (unpaired) electrons. The number of hydrogen-bond acceptors (Lipinski definition) is 7. The highest BCUT2D eigenvalue weighted by Crippen LogP contribution is 2.63. The summed E-state index contributed by atoms with van der Waals surface area (Å²) in [7, 11) is 0. The van der Waals surface area contributed by atoms with Crippen molar-refractivity contribution in [3.8, 4) is 5.00 Å².